The maximum absolute atomic E-state index is 13.2. The van der Waals surface area contributed by atoms with Crippen LogP contribution in [0.3, 0.4) is 0 Å². The summed E-state index contributed by atoms with van der Waals surface area (Å²) >= 11 is 0. The number of hydrogen-bond donors (Lipinski definition) is 1. The molecule has 2 aliphatic heterocycles. The Balaban J connectivity index is 0.00000171. The van der Waals surface area contributed by atoms with Crippen LogP contribution in [0.25, 0.3) is 0 Å². The highest BCUT2D eigenvalue weighted by molar-refractivity contribution is 5.94. The first kappa shape index (κ1) is 25.6. The van der Waals surface area contributed by atoms with Gasteiger partial charge in [-0.1, -0.05) is 42.5 Å². The minimum absolute atomic E-state index is 0. The van der Waals surface area contributed by atoms with E-state index in [2.05, 4.69) is 53.2 Å². The molecule has 31 heavy (non-hydrogen) atoms. The van der Waals surface area contributed by atoms with Crippen molar-refractivity contribution in [1.82, 2.24) is 14.7 Å². The standard InChI is InChI=1S/C24H32N4O.2ClH/c1-26-10-12-27(13-11-26)16-19-6-5-9-21(14-19)24(29)28-17-22(15-25)23(18-28)20-7-3-2-4-8-20;;/h2-9,14,22-23H,10-13,15-18,25H2,1H3;2*1H/t22-,23+;;/m1../s1. The lowest BCUT2D eigenvalue weighted by atomic mass is 9.89. The molecule has 2 aliphatic rings. The molecule has 170 valence electrons. The highest BCUT2D eigenvalue weighted by atomic mass is 35.5. The van der Waals surface area contributed by atoms with E-state index in [1.807, 2.05) is 23.1 Å². The molecule has 5 nitrogen and oxygen atoms in total. The highest BCUT2D eigenvalue weighted by Crippen LogP contribution is 2.32. The molecule has 0 aliphatic carbocycles. The molecule has 2 atom stereocenters. The van der Waals surface area contributed by atoms with Crippen LogP contribution >= 0.6 is 24.8 Å². The van der Waals surface area contributed by atoms with Crippen LogP contribution in [0, 0.1) is 5.92 Å². The third-order valence-electron chi connectivity index (χ3n) is 6.43. The molecule has 2 aromatic rings. The van der Waals surface area contributed by atoms with Gasteiger partial charge in [0.05, 0.1) is 0 Å². The number of hydrogen-bond acceptors (Lipinski definition) is 4. The lowest BCUT2D eigenvalue weighted by Gasteiger charge is -2.32. The Bertz CT molecular complexity index is 827. The van der Waals surface area contributed by atoms with Crippen LogP contribution < -0.4 is 5.73 Å². The Morgan fingerprint density at radius 3 is 2.35 bits per heavy atom. The number of carbonyl (C=O) groups excluding carboxylic acids is 1. The molecule has 2 fully saturated rings. The van der Waals surface area contributed by atoms with Gasteiger partial charge in [0.15, 0.2) is 0 Å². The average molecular weight is 465 g/mol. The number of nitrogens with two attached hydrogens (primary N) is 1. The van der Waals surface area contributed by atoms with Crippen molar-refractivity contribution in [3.63, 3.8) is 0 Å². The summed E-state index contributed by atoms with van der Waals surface area (Å²) in [7, 11) is 2.17. The van der Waals surface area contributed by atoms with Gasteiger partial charge in [-0.15, -0.1) is 24.8 Å². The van der Waals surface area contributed by atoms with Crippen molar-refractivity contribution < 1.29 is 4.79 Å². The second kappa shape index (κ2) is 11.8. The molecule has 2 heterocycles. The van der Waals surface area contributed by atoms with Gasteiger partial charge in [0, 0.05) is 57.3 Å². The van der Waals surface area contributed by atoms with Crippen molar-refractivity contribution in [3.8, 4) is 0 Å². The molecule has 2 saturated heterocycles. The average Bonchev–Trinajstić information content (AvgIpc) is 3.20. The largest absolute Gasteiger partial charge is 0.338 e. The number of likely N-dealkylation sites (N-methyl/N-ethyl adjacent to an activating group) is 1. The summed E-state index contributed by atoms with van der Waals surface area (Å²) in [5.41, 5.74) is 9.34. The van der Waals surface area contributed by atoms with Crippen LogP contribution in [-0.2, 0) is 6.54 Å². The Labute approximate surface area is 198 Å². The number of piperazine rings is 1. The van der Waals surface area contributed by atoms with Gasteiger partial charge < -0.3 is 15.5 Å². The zero-order valence-electron chi connectivity index (χ0n) is 18.2. The molecule has 7 heteroatoms. The van der Waals surface area contributed by atoms with Crippen LogP contribution in [-0.4, -0.2) is 73.5 Å². The molecular formula is C24H34Cl2N4O. The molecular weight excluding hydrogens is 431 g/mol. The van der Waals surface area contributed by atoms with Gasteiger partial charge >= 0.3 is 0 Å². The zero-order chi connectivity index (χ0) is 20.2. The van der Waals surface area contributed by atoms with E-state index in [9.17, 15) is 4.79 Å². The minimum atomic E-state index is 0. The van der Waals surface area contributed by atoms with Crippen molar-refractivity contribution >= 4 is 30.7 Å². The van der Waals surface area contributed by atoms with Crippen LogP contribution in [0.4, 0.5) is 0 Å². The topological polar surface area (TPSA) is 52.8 Å². The minimum Gasteiger partial charge on any atom is -0.338 e. The maximum atomic E-state index is 13.2. The smallest absolute Gasteiger partial charge is 0.253 e. The maximum Gasteiger partial charge on any atom is 0.253 e. The molecule has 4 rings (SSSR count). The van der Waals surface area contributed by atoms with Gasteiger partial charge in [-0.05, 0) is 42.8 Å². The van der Waals surface area contributed by atoms with E-state index < -0.39 is 0 Å². The lowest BCUT2D eigenvalue weighted by Crippen LogP contribution is -2.43. The van der Waals surface area contributed by atoms with Gasteiger partial charge in [-0.25, -0.2) is 0 Å². The number of nitrogens with zero attached hydrogens (tertiary/aromatic N) is 3. The molecule has 0 bridgehead atoms. The summed E-state index contributed by atoms with van der Waals surface area (Å²) in [5.74, 6) is 0.760. The van der Waals surface area contributed by atoms with Crippen LogP contribution in [0.1, 0.15) is 27.4 Å². The Morgan fingerprint density at radius 1 is 0.968 bits per heavy atom. The Hall–Kier alpha value is -1.63. The Kier molecular flexibility index (Phi) is 9.79. The zero-order valence-corrected chi connectivity index (χ0v) is 19.8. The van der Waals surface area contributed by atoms with E-state index >= 15 is 0 Å². The number of carbonyl (C=O) groups is 1. The third-order valence-corrected chi connectivity index (χ3v) is 6.43. The molecule has 0 saturated carbocycles. The predicted octanol–water partition coefficient (Wildman–Crippen LogP) is 3.09. The highest BCUT2D eigenvalue weighted by Gasteiger charge is 2.35. The quantitative estimate of drug-likeness (QED) is 0.738. The number of benzene rings is 2. The summed E-state index contributed by atoms with van der Waals surface area (Å²) in [6, 6.07) is 18.6. The van der Waals surface area contributed by atoms with Crippen LogP contribution in [0.15, 0.2) is 54.6 Å². The first-order chi connectivity index (χ1) is 14.1. The summed E-state index contributed by atoms with van der Waals surface area (Å²) in [4.78, 5) is 20.1. The van der Waals surface area contributed by atoms with Crippen molar-refractivity contribution in [2.24, 2.45) is 11.7 Å². The van der Waals surface area contributed by atoms with Crippen LogP contribution in [0.2, 0.25) is 0 Å². The van der Waals surface area contributed by atoms with Crippen molar-refractivity contribution in [1.29, 1.82) is 0 Å². The summed E-state index contributed by atoms with van der Waals surface area (Å²) in [6.07, 6.45) is 0. The lowest BCUT2D eigenvalue weighted by molar-refractivity contribution is 0.0786. The van der Waals surface area contributed by atoms with E-state index in [1.54, 1.807) is 0 Å². The fraction of sp³-hybridized carbons (Fsp3) is 0.458. The first-order valence-corrected chi connectivity index (χ1v) is 10.7. The van der Waals surface area contributed by atoms with Crippen molar-refractivity contribution in [2.45, 2.75) is 12.5 Å². The summed E-state index contributed by atoms with van der Waals surface area (Å²) in [5, 5.41) is 0. The summed E-state index contributed by atoms with van der Waals surface area (Å²) in [6.45, 7) is 7.36. The van der Waals surface area contributed by atoms with Crippen molar-refractivity contribution in [2.75, 3.05) is 52.9 Å². The number of amides is 1. The van der Waals surface area contributed by atoms with Gasteiger partial charge in [-0.2, -0.15) is 0 Å². The van der Waals surface area contributed by atoms with Gasteiger partial charge in [0.1, 0.15) is 0 Å². The molecule has 0 spiro atoms. The van der Waals surface area contributed by atoms with Crippen LogP contribution in [0.5, 0.6) is 0 Å². The van der Waals surface area contributed by atoms with Gasteiger partial charge in [0.2, 0.25) is 0 Å². The van der Waals surface area contributed by atoms with E-state index in [4.69, 9.17) is 5.73 Å². The first-order valence-electron chi connectivity index (χ1n) is 10.7. The van der Waals surface area contributed by atoms with E-state index in [1.165, 1.54) is 11.1 Å². The van der Waals surface area contributed by atoms with Gasteiger partial charge in [-0.3, -0.25) is 9.69 Å². The normalized spacial score (nSPS) is 21.9. The number of likely N-dealkylation sites (tertiary alicyclic amines) is 1. The molecule has 2 N–H and O–H groups in total. The van der Waals surface area contributed by atoms with Crippen molar-refractivity contribution in [3.05, 3.63) is 71.3 Å². The predicted molar refractivity (Wildman–Crippen MR) is 131 cm³/mol. The fourth-order valence-corrected chi connectivity index (χ4v) is 4.60. The molecule has 0 radical (unpaired) electrons. The molecule has 0 aromatic heterocycles. The number of halogens is 2. The van der Waals surface area contributed by atoms with E-state index in [0.29, 0.717) is 18.4 Å². The second-order valence-electron chi connectivity index (χ2n) is 8.50. The van der Waals surface area contributed by atoms with Gasteiger partial charge in [0.25, 0.3) is 5.91 Å². The molecule has 0 unspecified atom stereocenters. The SMILES string of the molecule is CN1CCN(Cc2cccc(C(=O)N3C[C@@H](CN)[C@H](c4ccccc4)C3)c2)CC1.Cl.Cl. The summed E-state index contributed by atoms with van der Waals surface area (Å²) < 4.78 is 0. The third kappa shape index (κ3) is 6.21. The van der Waals surface area contributed by atoms with E-state index in [-0.39, 0.29) is 30.7 Å². The monoisotopic (exact) mass is 464 g/mol. The molecule has 1 amide bonds. The second-order valence-corrected chi connectivity index (χ2v) is 8.50. The Morgan fingerprint density at radius 2 is 1.68 bits per heavy atom. The fourth-order valence-electron chi connectivity index (χ4n) is 4.60. The molecule has 2 aromatic carbocycles. The van der Waals surface area contributed by atoms with E-state index in [0.717, 1.165) is 51.4 Å². The number of rotatable bonds is 5.